The minimum atomic E-state index is -0.227. The molecule has 2 N–H and O–H groups in total. The van der Waals surface area contributed by atoms with Crippen molar-refractivity contribution in [2.24, 2.45) is 5.73 Å². The maximum Gasteiger partial charge on any atom is 0.128 e. The number of halogens is 1. The minimum Gasteiger partial charge on any atom is -0.383 e. The van der Waals surface area contributed by atoms with E-state index in [2.05, 4.69) is 4.90 Å². The Labute approximate surface area is 120 Å². The second-order valence-electron chi connectivity index (χ2n) is 4.81. The summed E-state index contributed by atoms with van der Waals surface area (Å²) < 4.78 is 24.4. The summed E-state index contributed by atoms with van der Waals surface area (Å²) >= 11 is 0. The molecular formula is C15H25FN2O2. The molecule has 0 amide bonds. The highest BCUT2D eigenvalue weighted by molar-refractivity contribution is 5.22. The van der Waals surface area contributed by atoms with Gasteiger partial charge in [0.2, 0.25) is 0 Å². The van der Waals surface area contributed by atoms with Crippen LogP contribution in [0.4, 0.5) is 4.39 Å². The van der Waals surface area contributed by atoms with Crippen molar-refractivity contribution in [2.75, 3.05) is 40.5 Å². The van der Waals surface area contributed by atoms with Crippen molar-refractivity contribution in [1.29, 1.82) is 0 Å². The molecule has 0 fully saturated rings. The first kappa shape index (κ1) is 17.0. The molecule has 20 heavy (non-hydrogen) atoms. The Morgan fingerprint density at radius 3 is 2.50 bits per heavy atom. The molecule has 0 aliphatic heterocycles. The Morgan fingerprint density at radius 2 is 1.95 bits per heavy atom. The lowest BCUT2D eigenvalue weighted by Gasteiger charge is -2.36. The zero-order chi connectivity index (χ0) is 15.0. The van der Waals surface area contributed by atoms with E-state index in [9.17, 15) is 4.39 Å². The van der Waals surface area contributed by atoms with E-state index in [0.717, 1.165) is 0 Å². The molecule has 2 unspecified atom stereocenters. The van der Waals surface area contributed by atoms with Crippen molar-refractivity contribution >= 4 is 0 Å². The summed E-state index contributed by atoms with van der Waals surface area (Å²) in [4.78, 5) is 2.13. The van der Waals surface area contributed by atoms with Gasteiger partial charge in [-0.25, -0.2) is 4.39 Å². The van der Waals surface area contributed by atoms with E-state index in [1.165, 1.54) is 6.07 Å². The lowest BCUT2D eigenvalue weighted by Crippen LogP contribution is -2.44. The molecule has 4 nitrogen and oxygen atoms in total. The Kier molecular flexibility index (Phi) is 7.69. The molecule has 0 aromatic heterocycles. The van der Waals surface area contributed by atoms with Crippen LogP contribution in [-0.4, -0.2) is 51.5 Å². The summed E-state index contributed by atoms with van der Waals surface area (Å²) in [5.41, 5.74) is 6.51. The molecule has 0 radical (unpaired) electrons. The molecule has 5 heteroatoms. The lowest BCUT2D eigenvalue weighted by atomic mass is 10.0. The van der Waals surface area contributed by atoms with Crippen LogP contribution in [0.2, 0.25) is 0 Å². The van der Waals surface area contributed by atoms with Crippen LogP contribution >= 0.6 is 0 Å². The van der Waals surface area contributed by atoms with Crippen molar-refractivity contribution in [3.63, 3.8) is 0 Å². The van der Waals surface area contributed by atoms with Crippen molar-refractivity contribution < 1.29 is 13.9 Å². The van der Waals surface area contributed by atoms with Gasteiger partial charge >= 0.3 is 0 Å². The molecule has 0 bridgehead atoms. The minimum absolute atomic E-state index is 0.128. The van der Waals surface area contributed by atoms with E-state index in [1.807, 2.05) is 13.0 Å². The highest BCUT2D eigenvalue weighted by atomic mass is 19.1. The fourth-order valence-electron chi connectivity index (χ4n) is 2.40. The van der Waals surface area contributed by atoms with Gasteiger partial charge in [-0.15, -0.1) is 0 Å². The highest BCUT2D eigenvalue weighted by Gasteiger charge is 2.25. The van der Waals surface area contributed by atoms with Crippen LogP contribution in [0.5, 0.6) is 0 Å². The number of rotatable bonds is 9. The first-order chi connectivity index (χ1) is 9.65. The van der Waals surface area contributed by atoms with Gasteiger partial charge in [0.1, 0.15) is 5.82 Å². The van der Waals surface area contributed by atoms with Crippen LogP contribution in [0.1, 0.15) is 18.5 Å². The molecule has 0 aliphatic carbocycles. The number of methoxy groups -OCH3 is 2. The van der Waals surface area contributed by atoms with Gasteiger partial charge in [0.25, 0.3) is 0 Å². The van der Waals surface area contributed by atoms with Crippen molar-refractivity contribution in [2.45, 2.75) is 19.0 Å². The van der Waals surface area contributed by atoms with Crippen LogP contribution in [-0.2, 0) is 9.47 Å². The van der Waals surface area contributed by atoms with Crippen LogP contribution < -0.4 is 5.73 Å². The van der Waals surface area contributed by atoms with E-state index < -0.39 is 0 Å². The quantitative estimate of drug-likeness (QED) is 0.751. The van der Waals surface area contributed by atoms with E-state index in [4.69, 9.17) is 15.2 Å². The number of hydrogen-bond acceptors (Lipinski definition) is 4. The molecule has 0 aliphatic rings. The first-order valence-electron chi connectivity index (χ1n) is 6.83. The Morgan fingerprint density at radius 1 is 1.25 bits per heavy atom. The first-order valence-corrected chi connectivity index (χ1v) is 6.83. The predicted molar refractivity (Wildman–Crippen MR) is 78.1 cm³/mol. The van der Waals surface area contributed by atoms with Gasteiger partial charge < -0.3 is 15.2 Å². The standard InChI is InChI=1S/C15H25FN2O2/c1-12(11-20-3)18(8-9-19-2)15(10-17)13-6-4-5-7-14(13)16/h4-7,12,15H,8-11,17H2,1-3H3. The molecule has 114 valence electrons. The predicted octanol–water partition coefficient (Wildman–Crippen LogP) is 1.81. The van der Waals surface area contributed by atoms with E-state index >= 15 is 0 Å². The van der Waals surface area contributed by atoms with Gasteiger partial charge in [-0.05, 0) is 13.0 Å². The normalized spacial score (nSPS) is 14.5. The van der Waals surface area contributed by atoms with Crippen LogP contribution in [0.15, 0.2) is 24.3 Å². The van der Waals surface area contributed by atoms with Crippen molar-refractivity contribution in [3.05, 3.63) is 35.6 Å². The van der Waals surface area contributed by atoms with Gasteiger partial charge in [0.05, 0.1) is 19.3 Å². The molecule has 0 spiro atoms. The number of hydrogen-bond donors (Lipinski definition) is 1. The third-order valence-electron chi connectivity index (χ3n) is 3.42. The fourth-order valence-corrected chi connectivity index (χ4v) is 2.40. The van der Waals surface area contributed by atoms with E-state index in [0.29, 0.717) is 31.9 Å². The fraction of sp³-hybridized carbons (Fsp3) is 0.600. The Hall–Kier alpha value is -1.01. The molecule has 1 aromatic carbocycles. The zero-order valence-corrected chi connectivity index (χ0v) is 12.5. The number of benzene rings is 1. The molecule has 0 heterocycles. The zero-order valence-electron chi connectivity index (χ0n) is 12.5. The second kappa shape index (κ2) is 9.02. The summed E-state index contributed by atoms with van der Waals surface area (Å²) in [5, 5.41) is 0. The van der Waals surface area contributed by atoms with Crippen molar-refractivity contribution in [1.82, 2.24) is 4.90 Å². The average molecular weight is 284 g/mol. The summed E-state index contributed by atoms with van der Waals surface area (Å²) in [7, 11) is 3.31. The number of nitrogens with zero attached hydrogens (tertiary/aromatic N) is 1. The largest absolute Gasteiger partial charge is 0.383 e. The lowest BCUT2D eigenvalue weighted by molar-refractivity contribution is 0.0477. The summed E-state index contributed by atoms with van der Waals surface area (Å²) in [5.74, 6) is -0.227. The summed E-state index contributed by atoms with van der Waals surface area (Å²) in [6.07, 6.45) is 0. The number of ether oxygens (including phenoxy) is 2. The maximum atomic E-state index is 14.0. The van der Waals surface area contributed by atoms with Crippen LogP contribution in [0, 0.1) is 5.82 Å². The summed E-state index contributed by atoms with van der Waals surface area (Å²) in [6, 6.07) is 6.71. The topological polar surface area (TPSA) is 47.7 Å². The molecule has 2 atom stereocenters. The Bertz CT molecular complexity index is 390. The SMILES string of the molecule is COCCN(C(C)COC)C(CN)c1ccccc1F. The van der Waals surface area contributed by atoms with Gasteiger partial charge in [0, 0.05) is 38.9 Å². The number of nitrogens with two attached hydrogens (primary N) is 1. The van der Waals surface area contributed by atoms with E-state index in [-0.39, 0.29) is 17.9 Å². The molecule has 1 rings (SSSR count). The maximum absolute atomic E-state index is 14.0. The Balaban J connectivity index is 2.97. The molecule has 0 saturated carbocycles. The van der Waals surface area contributed by atoms with Gasteiger partial charge in [-0.2, -0.15) is 0 Å². The summed E-state index contributed by atoms with van der Waals surface area (Å²) in [6.45, 7) is 4.20. The van der Waals surface area contributed by atoms with E-state index in [1.54, 1.807) is 26.4 Å². The van der Waals surface area contributed by atoms with Gasteiger partial charge in [0.15, 0.2) is 0 Å². The van der Waals surface area contributed by atoms with Gasteiger partial charge in [-0.1, -0.05) is 18.2 Å². The molecular weight excluding hydrogens is 259 g/mol. The highest BCUT2D eigenvalue weighted by Crippen LogP contribution is 2.24. The van der Waals surface area contributed by atoms with Gasteiger partial charge in [-0.3, -0.25) is 4.90 Å². The second-order valence-corrected chi connectivity index (χ2v) is 4.81. The van der Waals surface area contributed by atoms with Crippen LogP contribution in [0.3, 0.4) is 0 Å². The van der Waals surface area contributed by atoms with Crippen LogP contribution in [0.25, 0.3) is 0 Å². The average Bonchev–Trinajstić information content (AvgIpc) is 2.45. The molecule has 0 saturated heterocycles. The third kappa shape index (κ3) is 4.52. The van der Waals surface area contributed by atoms with Crippen molar-refractivity contribution in [3.8, 4) is 0 Å². The monoisotopic (exact) mass is 284 g/mol. The third-order valence-corrected chi connectivity index (χ3v) is 3.42. The molecule has 1 aromatic rings. The smallest absolute Gasteiger partial charge is 0.128 e.